The predicted octanol–water partition coefficient (Wildman–Crippen LogP) is 1.88. The van der Waals surface area contributed by atoms with Crippen LogP contribution in [0.4, 0.5) is 0 Å². The van der Waals surface area contributed by atoms with Crippen LogP contribution in [0.3, 0.4) is 0 Å². The number of Topliss-reactive ketones (excluding diaryl/α,β-unsaturated/α-hetero) is 1. The van der Waals surface area contributed by atoms with E-state index in [4.69, 9.17) is 0 Å². The van der Waals surface area contributed by atoms with Gasteiger partial charge < -0.3 is 25.8 Å². The highest BCUT2D eigenvalue weighted by atomic mass is 16.4. The highest BCUT2D eigenvalue weighted by Crippen LogP contribution is 2.18. The van der Waals surface area contributed by atoms with Gasteiger partial charge in [-0.15, -0.1) is 0 Å². The molecule has 3 aromatic rings. The lowest BCUT2D eigenvalue weighted by Gasteiger charge is -2.25. The van der Waals surface area contributed by atoms with Gasteiger partial charge in [0.25, 0.3) is 5.91 Å². The van der Waals surface area contributed by atoms with E-state index in [1.165, 1.54) is 30.7 Å². The van der Waals surface area contributed by atoms with Gasteiger partial charge in [-0.3, -0.25) is 19.4 Å². The molecule has 0 unspecified atom stereocenters. The highest BCUT2D eigenvalue weighted by molar-refractivity contribution is 6.43. The molecule has 0 aliphatic rings. The molecule has 5 N–H and O–H groups in total. The first kappa shape index (κ1) is 30.5. The maximum Gasteiger partial charge on any atom is 0.475 e. The van der Waals surface area contributed by atoms with Gasteiger partial charge in [-0.1, -0.05) is 56.3 Å². The average Bonchev–Trinajstić information content (AvgIpc) is 2.93. The van der Waals surface area contributed by atoms with Crippen LogP contribution in [0, 0.1) is 11.8 Å². The van der Waals surface area contributed by atoms with Gasteiger partial charge in [-0.05, 0) is 48.4 Å². The molecular weight excluding hydrogens is 511 g/mol. The fourth-order valence-corrected chi connectivity index (χ4v) is 4.37. The van der Waals surface area contributed by atoms with Gasteiger partial charge in [0, 0.05) is 24.7 Å². The van der Waals surface area contributed by atoms with Crippen LogP contribution in [-0.4, -0.2) is 61.8 Å². The van der Waals surface area contributed by atoms with E-state index in [1.807, 2.05) is 44.2 Å². The molecule has 3 rings (SSSR count). The van der Waals surface area contributed by atoms with Crippen molar-refractivity contribution in [2.45, 2.75) is 51.5 Å². The smallest absolute Gasteiger partial charge is 0.475 e. The summed E-state index contributed by atoms with van der Waals surface area (Å²) < 4.78 is 0. The van der Waals surface area contributed by atoms with E-state index in [9.17, 15) is 29.5 Å². The minimum absolute atomic E-state index is 0.0399. The SMILES string of the molecule is CC(C)C[C@H](NC(=O)[C@@H](CC(=O)[C@H](Cc1ccc(O)cc1)NC(=O)c1cnccn1)Cc1ccccc1)B(O)O. The second-order valence-corrected chi connectivity index (χ2v) is 10.2. The first-order valence-electron chi connectivity index (χ1n) is 13.2. The number of phenols is 1. The topological polar surface area (TPSA) is 162 Å². The lowest BCUT2D eigenvalue weighted by atomic mass is 9.74. The van der Waals surface area contributed by atoms with Crippen LogP contribution in [0.25, 0.3) is 0 Å². The molecule has 0 bridgehead atoms. The molecule has 0 saturated heterocycles. The van der Waals surface area contributed by atoms with E-state index in [0.29, 0.717) is 12.0 Å². The summed E-state index contributed by atoms with van der Waals surface area (Å²) in [4.78, 5) is 47.9. The summed E-state index contributed by atoms with van der Waals surface area (Å²) >= 11 is 0. The summed E-state index contributed by atoms with van der Waals surface area (Å²) in [5, 5.41) is 34.8. The Morgan fingerprint density at radius 3 is 2.17 bits per heavy atom. The van der Waals surface area contributed by atoms with Gasteiger partial charge in [0.2, 0.25) is 5.91 Å². The molecule has 1 aromatic heterocycles. The van der Waals surface area contributed by atoms with Crippen LogP contribution in [0.5, 0.6) is 5.75 Å². The van der Waals surface area contributed by atoms with Crippen molar-refractivity contribution in [2.24, 2.45) is 11.8 Å². The Balaban J connectivity index is 1.85. The van der Waals surface area contributed by atoms with E-state index in [1.54, 1.807) is 12.1 Å². The van der Waals surface area contributed by atoms with Crippen molar-refractivity contribution in [3.63, 3.8) is 0 Å². The average molecular weight is 546 g/mol. The number of rotatable bonds is 14. The van der Waals surface area contributed by atoms with Crippen LogP contribution in [0.1, 0.15) is 48.3 Å². The van der Waals surface area contributed by atoms with Crippen molar-refractivity contribution in [2.75, 3.05) is 0 Å². The zero-order valence-electron chi connectivity index (χ0n) is 22.6. The number of benzene rings is 2. The fraction of sp³-hybridized carbons (Fsp3) is 0.345. The molecule has 0 radical (unpaired) electrons. The monoisotopic (exact) mass is 546 g/mol. The molecular formula is C29H35BN4O6. The van der Waals surface area contributed by atoms with Gasteiger partial charge in [-0.25, -0.2) is 4.98 Å². The number of hydrogen-bond acceptors (Lipinski definition) is 8. The lowest BCUT2D eigenvalue weighted by Crippen LogP contribution is -2.50. The van der Waals surface area contributed by atoms with E-state index >= 15 is 0 Å². The number of phenolic OH excluding ortho intramolecular Hbond substituents is 1. The fourth-order valence-electron chi connectivity index (χ4n) is 4.37. The Morgan fingerprint density at radius 2 is 1.57 bits per heavy atom. The van der Waals surface area contributed by atoms with Crippen LogP contribution in [0.15, 0.2) is 73.2 Å². The van der Waals surface area contributed by atoms with Crippen molar-refractivity contribution >= 4 is 24.7 Å². The van der Waals surface area contributed by atoms with Crippen LogP contribution in [-0.2, 0) is 22.4 Å². The zero-order valence-corrected chi connectivity index (χ0v) is 22.6. The number of hydrogen-bond donors (Lipinski definition) is 5. The molecule has 2 amide bonds. The number of nitrogens with zero attached hydrogens (tertiary/aromatic N) is 2. The quantitative estimate of drug-likeness (QED) is 0.192. The summed E-state index contributed by atoms with van der Waals surface area (Å²) in [6, 6.07) is 14.5. The van der Waals surface area contributed by atoms with Gasteiger partial charge >= 0.3 is 7.12 Å². The first-order chi connectivity index (χ1) is 19.1. The molecule has 0 saturated carbocycles. The minimum Gasteiger partial charge on any atom is -0.508 e. The Kier molecular flexibility index (Phi) is 11.3. The third-order valence-corrected chi connectivity index (χ3v) is 6.42. The Labute approximate surface area is 234 Å². The first-order valence-corrected chi connectivity index (χ1v) is 13.2. The van der Waals surface area contributed by atoms with E-state index in [-0.39, 0.29) is 42.4 Å². The summed E-state index contributed by atoms with van der Waals surface area (Å²) in [6.07, 6.45) is 4.58. The number of amides is 2. The molecule has 40 heavy (non-hydrogen) atoms. The Hall–Kier alpha value is -4.09. The summed E-state index contributed by atoms with van der Waals surface area (Å²) in [7, 11) is -1.76. The van der Waals surface area contributed by atoms with Crippen molar-refractivity contribution in [1.82, 2.24) is 20.6 Å². The van der Waals surface area contributed by atoms with Crippen molar-refractivity contribution < 1.29 is 29.5 Å². The molecule has 3 atom stereocenters. The van der Waals surface area contributed by atoms with Crippen molar-refractivity contribution in [3.05, 3.63) is 90.0 Å². The molecule has 210 valence electrons. The van der Waals surface area contributed by atoms with Crippen molar-refractivity contribution in [1.29, 1.82) is 0 Å². The number of carbonyl (C=O) groups excluding carboxylic acids is 3. The summed E-state index contributed by atoms with van der Waals surface area (Å²) in [5.41, 5.74) is 1.57. The Morgan fingerprint density at radius 1 is 0.900 bits per heavy atom. The Bertz CT molecular complexity index is 1240. The standard InChI is InChI=1S/C29H35BN4O6/c1-19(2)14-27(30(39)40)34-28(37)22(15-20-6-4-3-5-7-20)17-26(36)24(16-21-8-10-23(35)11-9-21)33-29(38)25-18-31-12-13-32-25/h3-13,18-19,22,24,27,35,39-40H,14-17H2,1-2H3,(H,33,38)(H,34,37)/t22-,24+,27+/m1/s1. The highest BCUT2D eigenvalue weighted by Gasteiger charge is 2.32. The lowest BCUT2D eigenvalue weighted by molar-refractivity contribution is -0.130. The molecule has 2 aromatic carbocycles. The van der Waals surface area contributed by atoms with Gasteiger partial charge in [0.15, 0.2) is 5.78 Å². The molecule has 0 aliphatic heterocycles. The number of ketones is 1. The molecule has 0 aliphatic carbocycles. The third-order valence-electron chi connectivity index (χ3n) is 6.42. The van der Waals surface area contributed by atoms with Crippen LogP contribution < -0.4 is 10.6 Å². The maximum absolute atomic E-state index is 13.7. The van der Waals surface area contributed by atoms with E-state index in [2.05, 4.69) is 20.6 Å². The number of nitrogens with one attached hydrogen (secondary N) is 2. The largest absolute Gasteiger partial charge is 0.508 e. The number of aromatic nitrogens is 2. The second kappa shape index (κ2) is 14.9. The molecule has 1 heterocycles. The van der Waals surface area contributed by atoms with Gasteiger partial charge in [-0.2, -0.15) is 0 Å². The molecule has 11 heteroatoms. The van der Waals surface area contributed by atoms with Gasteiger partial charge in [0.1, 0.15) is 11.4 Å². The molecule has 0 spiro atoms. The summed E-state index contributed by atoms with van der Waals surface area (Å²) in [5.74, 6) is -3.03. The third kappa shape index (κ3) is 9.58. The molecule has 10 nitrogen and oxygen atoms in total. The second-order valence-electron chi connectivity index (χ2n) is 10.2. The maximum atomic E-state index is 13.7. The van der Waals surface area contributed by atoms with Crippen molar-refractivity contribution in [3.8, 4) is 5.75 Å². The number of aromatic hydroxyl groups is 1. The predicted molar refractivity (Wildman–Crippen MR) is 150 cm³/mol. The van der Waals surface area contributed by atoms with E-state index < -0.39 is 36.8 Å². The van der Waals surface area contributed by atoms with Gasteiger partial charge in [0.05, 0.1) is 18.2 Å². The van der Waals surface area contributed by atoms with E-state index in [0.717, 1.165) is 5.56 Å². The van der Waals surface area contributed by atoms with Crippen LogP contribution in [0.2, 0.25) is 0 Å². The zero-order chi connectivity index (χ0) is 29.1. The number of carbonyl (C=O) groups is 3. The van der Waals surface area contributed by atoms with Crippen LogP contribution >= 0.6 is 0 Å². The normalized spacial score (nSPS) is 13.2. The summed E-state index contributed by atoms with van der Waals surface area (Å²) in [6.45, 7) is 3.81. The molecule has 0 fully saturated rings. The minimum atomic E-state index is -1.76.